The van der Waals surface area contributed by atoms with Crippen molar-refractivity contribution in [3.63, 3.8) is 0 Å². The smallest absolute Gasteiger partial charge is 0.352 e. The molecule has 0 saturated carbocycles. The highest BCUT2D eigenvalue weighted by Gasteiger charge is 2.32. The standard InChI is InChI=1S/C33H26ClFN2O6/c1-19(41-24-10-8-23(35)9-11-24)33(38)42-25-12-13-26-29(16-25)43-32(37)27(17-36)31(26)21-5-14-28(30(15-21)39-2)40-18-20-3-6-22(34)7-4-20/h3-16,19,31H,18,37H2,1-2H3. The summed E-state index contributed by atoms with van der Waals surface area (Å²) < 4.78 is 41.6. The predicted molar refractivity (Wildman–Crippen MR) is 157 cm³/mol. The van der Waals surface area contributed by atoms with Crippen molar-refractivity contribution in [2.45, 2.75) is 25.6 Å². The normalized spacial score (nSPS) is 14.5. The Bertz CT molecular complexity index is 1720. The molecule has 43 heavy (non-hydrogen) atoms. The Balaban J connectivity index is 1.36. The number of fused-ring (bicyclic) bond motifs is 1. The second-order valence-electron chi connectivity index (χ2n) is 9.58. The zero-order valence-electron chi connectivity index (χ0n) is 23.2. The zero-order valence-corrected chi connectivity index (χ0v) is 23.9. The van der Waals surface area contributed by atoms with E-state index in [1.165, 1.54) is 44.4 Å². The van der Waals surface area contributed by atoms with Crippen LogP contribution in [0.5, 0.6) is 28.7 Å². The number of allylic oxidation sites excluding steroid dienone is 1. The predicted octanol–water partition coefficient (Wildman–Crippen LogP) is 6.66. The molecule has 1 aliphatic heterocycles. The number of nitrogens with two attached hydrogens (primary N) is 1. The van der Waals surface area contributed by atoms with Crippen molar-refractivity contribution in [1.82, 2.24) is 0 Å². The number of hydrogen-bond donors (Lipinski definition) is 1. The summed E-state index contributed by atoms with van der Waals surface area (Å²) in [6.07, 6.45) is -0.974. The van der Waals surface area contributed by atoms with Gasteiger partial charge in [0.05, 0.1) is 13.0 Å². The van der Waals surface area contributed by atoms with E-state index in [4.69, 9.17) is 41.0 Å². The van der Waals surface area contributed by atoms with Gasteiger partial charge in [0.25, 0.3) is 0 Å². The number of carbonyl (C=O) groups excluding carboxylic acids is 1. The molecule has 4 aromatic carbocycles. The van der Waals surface area contributed by atoms with Crippen molar-refractivity contribution in [3.8, 4) is 34.8 Å². The highest BCUT2D eigenvalue weighted by atomic mass is 35.5. The van der Waals surface area contributed by atoms with Gasteiger partial charge >= 0.3 is 5.97 Å². The molecular weight excluding hydrogens is 575 g/mol. The number of nitrogens with zero attached hydrogens (tertiary/aromatic N) is 1. The van der Waals surface area contributed by atoms with Crippen LogP contribution < -0.4 is 29.4 Å². The molecule has 0 aliphatic carbocycles. The molecule has 0 fully saturated rings. The van der Waals surface area contributed by atoms with Crippen molar-refractivity contribution in [3.05, 3.63) is 124 Å². The molecule has 1 aliphatic rings. The van der Waals surface area contributed by atoms with E-state index in [2.05, 4.69) is 6.07 Å². The number of rotatable bonds is 9. The minimum atomic E-state index is -0.974. The lowest BCUT2D eigenvalue weighted by molar-refractivity contribution is -0.141. The van der Waals surface area contributed by atoms with Crippen LogP contribution in [0.1, 0.15) is 29.5 Å². The van der Waals surface area contributed by atoms with Crippen LogP contribution >= 0.6 is 11.6 Å². The van der Waals surface area contributed by atoms with Crippen LogP contribution in [0.15, 0.2) is 96.4 Å². The molecule has 2 N–H and O–H groups in total. The number of hydrogen-bond acceptors (Lipinski definition) is 8. The maximum atomic E-state index is 13.2. The topological polar surface area (TPSA) is 113 Å². The van der Waals surface area contributed by atoms with Gasteiger partial charge in [-0.1, -0.05) is 35.9 Å². The zero-order chi connectivity index (χ0) is 30.5. The van der Waals surface area contributed by atoms with E-state index in [1.807, 2.05) is 18.2 Å². The molecule has 2 unspecified atom stereocenters. The van der Waals surface area contributed by atoms with E-state index in [9.17, 15) is 14.4 Å². The lowest BCUT2D eigenvalue weighted by atomic mass is 9.83. The Hall–Kier alpha value is -5.20. The second-order valence-corrected chi connectivity index (χ2v) is 10.0. The molecule has 2 atom stereocenters. The number of benzene rings is 4. The number of halogens is 2. The summed E-state index contributed by atoms with van der Waals surface area (Å²) in [4.78, 5) is 12.7. The van der Waals surface area contributed by atoms with Gasteiger partial charge in [0.2, 0.25) is 5.88 Å². The van der Waals surface area contributed by atoms with Crippen molar-refractivity contribution in [2.24, 2.45) is 5.73 Å². The van der Waals surface area contributed by atoms with Crippen molar-refractivity contribution < 1.29 is 32.9 Å². The van der Waals surface area contributed by atoms with Gasteiger partial charge < -0.3 is 29.4 Å². The molecule has 0 bridgehead atoms. The van der Waals surface area contributed by atoms with Gasteiger partial charge in [-0.05, 0) is 72.6 Å². The maximum absolute atomic E-state index is 13.2. The first kappa shape index (κ1) is 29.3. The third-order valence-corrected chi connectivity index (χ3v) is 6.95. The molecule has 1 heterocycles. The van der Waals surface area contributed by atoms with Crippen molar-refractivity contribution >= 4 is 17.6 Å². The molecular formula is C33H26ClFN2O6. The first-order valence-corrected chi connectivity index (χ1v) is 13.5. The molecule has 8 nitrogen and oxygen atoms in total. The molecule has 218 valence electrons. The van der Waals surface area contributed by atoms with Gasteiger partial charge in [0.15, 0.2) is 17.6 Å². The highest BCUT2D eigenvalue weighted by molar-refractivity contribution is 6.30. The van der Waals surface area contributed by atoms with E-state index in [0.717, 1.165) is 5.56 Å². The summed E-state index contributed by atoms with van der Waals surface area (Å²) in [7, 11) is 1.53. The number of ether oxygens (including phenoxy) is 5. The average Bonchev–Trinajstić information content (AvgIpc) is 3.01. The van der Waals surface area contributed by atoms with E-state index in [1.54, 1.807) is 36.4 Å². The molecule has 5 rings (SSSR count). The quantitative estimate of drug-likeness (QED) is 0.168. The monoisotopic (exact) mass is 600 g/mol. The van der Waals surface area contributed by atoms with E-state index >= 15 is 0 Å². The van der Waals surface area contributed by atoms with Gasteiger partial charge in [-0.2, -0.15) is 5.26 Å². The minimum absolute atomic E-state index is 0.0708. The average molecular weight is 601 g/mol. The molecule has 0 aromatic heterocycles. The summed E-state index contributed by atoms with van der Waals surface area (Å²) in [5.74, 6) is 0.0728. The van der Waals surface area contributed by atoms with Gasteiger partial charge in [-0.3, -0.25) is 0 Å². The molecule has 0 saturated heterocycles. The molecule has 10 heteroatoms. The number of carbonyl (C=O) groups is 1. The molecule has 0 radical (unpaired) electrons. The number of nitriles is 1. The van der Waals surface area contributed by atoms with E-state index in [-0.39, 0.29) is 17.2 Å². The van der Waals surface area contributed by atoms with Gasteiger partial charge in [0, 0.05) is 16.7 Å². The molecule has 4 aromatic rings. The summed E-state index contributed by atoms with van der Waals surface area (Å²) in [5, 5.41) is 10.6. The fraction of sp³-hybridized carbons (Fsp3) is 0.152. The van der Waals surface area contributed by atoms with Crippen LogP contribution in [0.3, 0.4) is 0 Å². The van der Waals surface area contributed by atoms with E-state index in [0.29, 0.717) is 45.8 Å². The van der Waals surface area contributed by atoms with E-state index < -0.39 is 23.8 Å². The first-order chi connectivity index (χ1) is 20.7. The van der Waals surface area contributed by atoms with Crippen molar-refractivity contribution in [2.75, 3.05) is 7.11 Å². The minimum Gasteiger partial charge on any atom is -0.493 e. The fourth-order valence-electron chi connectivity index (χ4n) is 4.53. The summed E-state index contributed by atoms with van der Waals surface area (Å²) in [6, 6.07) is 25.0. The number of methoxy groups -OCH3 is 1. The summed E-state index contributed by atoms with van der Waals surface area (Å²) in [5.41, 5.74) is 8.67. The fourth-order valence-corrected chi connectivity index (χ4v) is 4.66. The maximum Gasteiger partial charge on any atom is 0.352 e. The first-order valence-electron chi connectivity index (χ1n) is 13.2. The Labute approximate surface area is 252 Å². The van der Waals surface area contributed by atoms with Gasteiger partial charge in [-0.15, -0.1) is 0 Å². The van der Waals surface area contributed by atoms with Gasteiger partial charge in [-0.25, -0.2) is 9.18 Å². The number of esters is 1. The Morgan fingerprint density at radius 3 is 2.44 bits per heavy atom. The van der Waals surface area contributed by atoms with Crippen LogP contribution in [0, 0.1) is 17.1 Å². The van der Waals surface area contributed by atoms with Gasteiger partial charge in [0.1, 0.15) is 41.3 Å². The molecule has 0 spiro atoms. The van der Waals surface area contributed by atoms with Crippen molar-refractivity contribution in [1.29, 1.82) is 5.26 Å². The Kier molecular flexibility index (Phi) is 8.69. The van der Waals surface area contributed by atoms with Crippen LogP contribution in [0.2, 0.25) is 5.02 Å². The largest absolute Gasteiger partial charge is 0.493 e. The Morgan fingerprint density at radius 1 is 1.02 bits per heavy atom. The second kappa shape index (κ2) is 12.8. The van der Waals surface area contributed by atoms with Crippen LogP contribution in [0.4, 0.5) is 4.39 Å². The lowest BCUT2D eigenvalue weighted by Gasteiger charge is -2.27. The molecule has 0 amide bonds. The third kappa shape index (κ3) is 6.66. The van der Waals surface area contributed by atoms with Crippen LogP contribution in [-0.4, -0.2) is 19.2 Å². The van der Waals surface area contributed by atoms with Crippen LogP contribution in [-0.2, 0) is 11.4 Å². The summed E-state index contributed by atoms with van der Waals surface area (Å²) >= 11 is 5.97. The summed E-state index contributed by atoms with van der Waals surface area (Å²) in [6.45, 7) is 1.82. The highest BCUT2D eigenvalue weighted by Crippen LogP contribution is 2.45. The lowest BCUT2D eigenvalue weighted by Crippen LogP contribution is -2.28. The Morgan fingerprint density at radius 2 is 1.74 bits per heavy atom. The third-order valence-electron chi connectivity index (χ3n) is 6.70. The van der Waals surface area contributed by atoms with Crippen LogP contribution in [0.25, 0.3) is 0 Å². The SMILES string of the molecule is COc1cc(C2C(C#N)=C(N)Oc3cc(OC(=O)C(C)Oc4ccc(F)cc4)ccc32)ccc1OCc1ccc(Cl)cc1.